The first-order chi connectivity index (χ1) is 12.9. The highest BCUT2D eigenvalue weighted by atomic mass is 32.1. The molecule has 0 bridgehead atoms. The lowest BCUT2D eigenvalue weighted by Crippen LogP contribution is -2.13. The molecule has 0 unspecified atom stereocenters. The number of hydrogen-bond donors (Lipinski definition) is 2. The minimum atomic E-state index is -1.13. The second kappa shape index (κ2) is 7.72. The quantitative estimate of drug-likeness (QED) is 0.600. The van der Waals surface area contributed by atoms with Crippen LogP contribution in [-0.4, -0.2) is 17.0 Å². The number of hydrogen-bond acceptors (Lipinski definition) is 3. The molecule has 0 saturated carbocycles. The van der Waals surface area contributed by atoms with Crippen molar-refractivity contribution < 1.29 is 19.1 Å². The molecule has 0 aliphatic rings. The molecule has 1 heterocycles. The van der Waals surface area contributed by atoms with Crippen molar-refractivity contribution in [2.24, 2.45) is 0 Å². The molecule has 1 amide bonds. The topological polar surface area (TPSA) is 66.4 Å². The van der Waals surface area contributed by atoms with Crippen LogP contribution in [0.3, 0.4) is 0 Å². The molecule has 0 aliphatic carbocycles. The lowest BCUT2D eigenvalue weighted by molar-refractivity contribution is 0.0699. The maximum absolute atomic E-state index is 13.3. The third-order valence-corrected chi connectivity index (χ3v) is 5.10. The average molecular weight is 383 g/mol. The van der Waals surface area contributed by atoms with Gasteiger partial charge in [0.25, 0.3) is 5.91 Å². The van der Waals surface area contributed by atoms with E-state index in [1.807, 2.05) is 24.3 Å². The third-order valence-electron chi connectivity index (χ3n) is 4.21. The number of thiophene rings is 1. The molecule has 1 aromatic heterocycles. The van der Waals surface area contributed by atoms with Crippen molar-refractivity contribution in [2.75, 3.05) is 5.32 Å². The van der Waals surface area contributed by atoms with Gasteiger partial charge >= 0.3 is 5.97 Å². The summed E-state index contributed by atoms with van der Waals surface area (Å²) in [5.74, 6) is -1.84. The lowest BCUT2D eigenvalue weighted by Gasteiger charge is -2.08. The van der Waals surface area contributed by atoms with Crippen molar-refractivity contribution in [3.63, 3.8) is 0 Å². The smallest absolute Gasteiger partial charge is 0.339 e. The number of nitrogens with one attached hydrogen (secondary N) is 1. The van der Waals surface area contributed by atoms with E-state index in [4.69, 9.17) is 0 Å². The van der Waals surface area contributed by atoms with Crippen LogP contribution in [-0.2, 0) is 0 Å². The zero-order chi connectivity index (χ0) is 19.6. The highest BCUT2D eigenvalue weighted by Crippen LogP contribution is 2.36. The fourth-order valence-corrected chi connectivity index (χ4v) is 3.68. The number of carbonyl (C=O) groups is 2. The number of carboxylic acid groups (broad SMARTS) is 1. The molecule has 3 rings (SSSR count). The summed E-state index contributed by atoms with van der Waals surface area (Å²) in [6.07, 6.45) is 0. The van der Waals surface area contributed by atoms with Crippen LogP contribution in [0.5, 0.6) is 0 Å². The number of rotatable bonds is 5. The Balaban J connectivity index is 1.94. The predicted molar refractivity (Wildman–Crippen MR) is 105 cm³/mol. The molecule has 138 valence electrons. The normalized spacial score (nSPS) is 10.8. The number of carbonyl (C=O) groups excluding carboxylic acids is 1. The van der Waals surface area contributed by atoms with Gasteiger partial charge in [0.2, 0.25) is 0 Å². The maximum Gasteiger partial charge on any atom is 0.339 e. The molecule has 0 atom stereocenters. The molecule has 0 radical (unpaired) electrons. The first kappa shape index (κ1) is 18.8. The largest absolute Gasteiger partial charge is 0.478 e. The number of anilines is 1. The van der Waals surface area contributed by atoms with Crippen molar-refractivity contribution in [1.29, 1.82) is 0 Å². The van der Waals surface area contributed by atoms with Crippen LogP contribution >= 0.6 is 11.3 Å². The van der Waals surface area contributed by atoms with Crippen molar-refractivity contribution in [2.45, 2.75) is 19.8 Å². The van der Waals surface area contributed by atoms with Crippen LogP contribution in [0.1, 0.15) is 46.0 Å². The summed E-state index contributed by atoms with van der Waals surface area (Å²) in [5, 5.41) is 14.2. The third kappa shape index (κ3) is 4.06. The molecule has 4 nitrogen and oxygen atoms in total. The van der Waals surface area contributed by atoms with Crippen LogP contribution in [0.4, 0.5) is 9.39 Å². The molecular formula is C21H18FNO3S. The highest BCUT2D eigenvalue weighted by molar-refractivity contribution is 7.15. The summed E-state index contributed by atoms with van der Waals surface area (Å²) in [4.78, 5) is 24.2. The van der Waals surface area contributed by atoms with Gasteiger partial charge < -0.3 is 10.4 Å². The Morgan fingerprint density at radius 3 is 2.41 bits per heavy atom. The highest BCUT2D eigenvalue weighted by Gasteiger charge is 2.21. The fourth-order valence-electron chi connectivity index (χ4n) is 2.73. The number of benzene rings is 2. The minimum absolute atomic E-state index is 0.0297. The average Bonchev–Trinajstić information content (AvgIpc) is 3.05. The molecule has 0 fully saturated rings. The van der Waals surface area contributed by atoms with Gasteiger partial charge in [-0.05, 0) is 35.2 Å². The lowest BCUT2D eigenvalue weighted by atomic mass is 9.98. The van der Waals surface area contributed by atoms with E-state index in [2.05, 4.69) is 19.2 Å². The molecule has 6 heteroatoms. The van der Waals surface area contributed by atoms with Crippen molar-refractivity contribution >= 4 is 28.2 Å². The molecule has 2 N–H and O–H groups in total. The summed E-state index contributed by atoms with van der Waals surface area (Å²) in [5.41, 5.74) is 2.62. The van der Waals surface area contributed by atoms with Crippen LogP contribution in [0.2, 0.25) is 0 Å². The van der Waals surface area contributed by atoms with Gasteiger partial charge in [0.1, 0.15) is 16.4 Å². The van der Waals surface area contributed by atoms with Gasteiger partial charge in [0.15, 0.2) is 0 Å². The predicted octanol–water partition coefficient (Wildman–Crippen LogP) is 5.63. The van der Waals surface area contributed by atoms with Crippen LogP contribution < -0.4 is 5.32 Å². The van der Waals surface area contributed by atoms with E-state index in [1.54, 1.807) is 5.38 Å². The van der Waals surface area contributed by atoms with Gasteiger partial charge in [-0.2, -0.15) is 0 Å². The summed E-state index contributed by atoms with van der Waals surface area (Å²) < 4.78 is 13.3. The molecule has 0 spiro atoms. The van der Waals surface area contributed by atoms with Gasteiger partial charge in [0.05, 0.1) is 0 Å². The summed E-state index contributed by atoms with van der Waals surface area (Å²) in [6.45, 7) is 4.17. The van der Waals surface area contributed by atoms with E-state index in [-0.39, 0.29) is 16.1 Å². The van der Waals surface area contributed by atoms with E-state index in [9.17, 15) is 19.1 Å². The molecule has 2 aromatic carbocycles. The number of halogens is 1. The summed E-state index contributed by atoms with van der Waals surface area (Å²) in [7, 11) is 0. The van der Waals surface area contributed by atoms with Gasteiger partial charge in [-0.1, -0.05) is 44.2 Å². The van der Waals surface area contributed by atoms with E-state index in [1.165, 1.54) is 18.2 Å². The van der Waals surface area contributed by atoms with Crippen LogP contribution in [0.15, 0.2) is 53.9 Å². The molecule has 0 aliphatic heterocycles. The van der Waals surface area contributed by atoms with E-state index in [0.29, 0.717) is 11.5 Å². The SMILES string of the molecule is CC(C)c1ccc(-c2csc(NC(=O)c3cccc(F)c3)c2C(=O)O)cc1. The fraction of sp³-hybridized carbons (Fsp3) is 0.143. The maximum atomic E-state index is 13.3. The monoisotopic (exact) mass is 383 g/mol. The Hall–Kier alpha value is -2.99. The molecule has 3 aromatic rings. The second-order valence-electron chi connectivity index (χ2n) is 6.40. The minimum Gasteiger partial charge on any atom is -0.478 e. The molecular weight excluding hydrogens is 365 g/mol. The standard InChI is InChI=1S/C21H18FNO3S/c1-12(2)13-6-8-14(9-7-13)17-11-27-20(18(17)21(25)26)23-19(24)15-4-3-5-16(22)10-15/h3-12H,1-2H3,(H,23,24)(H,25,26). The van der Waals surface area contributed by atoms with Crippen LogP contribution in [0, 0.1) is 5.82 Å². The van der Waals surface area contributed by atoms with Gasteiger partial charge in [-0.3, -0.25) is 4.79 Å². The van der Waals surface area contributed by atoms with E-state index in [0.717, 1.165) is 28.5 Å². The van der Waals surface area contributed by atoms with Gasteiger partial charge in [-0.25, -0.2) is 9.18 Å². The zero-order valence-electron chi connectivity index (χ0n) is 14.8. The Bertz CT molecular complexity index is 993. The van der Waals surface area contributed by atoms with Crippen molar-refractivity contribution in [3.8, 4) is 11.1 Å². The Morgan fingerprint density at radius 2 is 1.81 bits per heavy atom. The first-order valence-corrected chi connectivity index (χ1v) is 9.27. The van der Waals surface area contributed by atoms with E-state index < -0.39 is 17.7 Å². The summed E-state index contributed by atoms with van der Waals surface area (Å²) in [6, 6.07) is 12.9. The Labute approximate surface area is 160 Å². The first-order valence-electron chi connectivity index (χ1n) is 8.39. The summed E-state index contributed by atoms with van der Waals surface area (Å²) >= 11 is 1.13. The van der Waals surface area contributed by atoms with Crippen LogP contribution in [0.25, 0.3) is 11.1 Å². The van der Waals surface area contributed by atoms with Gasteiger partial charge in [0, 0.05) is 16.5 Å². The second-order valence-corrected chi connectivity index (χ2v) is 7.28. The van der Waals surface area contributed by atoms with Gasteiger partial charge in [-0.15, -0.1) is 11.3 Å². The zero-order valence-corrected chi connectivity index (χ0v) is 15.6. The number of carboxylic acids is 1. The number of aromatic carboxylic acids is 1. The Morgan fingerprint density at radius 1 is 1.11 bits per heavy atom. The molecule has 0 saturated heterocycles. The number of amides is 1. The van der Waals surface area contributed by atoms with E-state index >= 15 is 0 Å². The van der Waals surface area contributed by atoms with Crippen molar-refractivity contribution in [1.82, 2.24) is 0 Å². The molecule has 27 heavy (non-hydrogen) atoms. The Kier molecular flexibility index (Phi) is 5.37. The van der Waals surface area contributed by atoms with Crippen molar-refractivity contribution in [3.05, 3.63) is 76.4 Å².